The summed E-state index contributed by atoms with van der Waals surface area (Å²) in [5, 5.41) is 4.10. The van der Waals surface area contributed by atoms with Crippen LogP contribution in [0.1, 0.15) is 31.2 Å². The molecule has 2 fully saturated rings. The zero-order valence-corrected chi connectivity index (χ0v) is 13.6. The normalized spacial score (nSPS) is 28.5. The highest BCUT2D eigenvalue weighted by Crippen LogP contribution is 2.55. The molecule has 0 spiro atoms. The average molecular weight is 365 g/mol. The first-order chi connectivity index (χ1) is 10.7. The summed E-state index contributed by atoms with van der Waals surface area (Å²) in [6, 6.07) is 3.69. The third kappa shape index (κ3) is 2.49. The van der Waals surface area contributed by atoms with Gasteiger partial charge in [0, 0.05) is 16.0 Å². The van der Waals surface area contributed by atoms with Crippen molar-refractivity contribution in [2.45, 2.75) is 25.7 Å². The van der Waals surface area contributed by atoms with Crippen LogP contribution in [-0.4, -0.2) is 18.9 Å². The number of carbonyl (C=O) groups excluding carboxylic acids is 1. The monoisotopic (exact) mass is 364 g/mol. The minimum absolute atomic E-state index is 0.0602. The van der Waals surface area contributed by atoms with Gasteiger partial charge < -0.3 is 9.47 Å². The summed E-state index contributed by atoms with van der Waals surface area (Å²) in [4.78, 5) is 12.2. The maximum atomic E-state index is 12.2. The van der Waals surface area contributed by atoms with Crippen molar-refractivity contribution in [2.24, 2.45) is 22.9 Å². The summed E-state index contributed by atoms with van der Waals surface area (Å²) in [6.45, 7) is 0.240. The molecule has 6 heteroatoms. The Balaban J connectivity index is 1.39. The van der Waals surface area contributed by atoms with Crippen molar-refractivity contribution in [3.63, 3.8) is 0 Å². The fourth-order valence-electron chi connectivity index (χ4n) is 3.65. The summed E-state index contributed by atoms with van der Waals surface area (Å²) >= 11 is 3.47. The van der Waals surface area contributed by atoms with Crippen molar-refractivity contribution in [1.29, 1.82) is 0 Å². The fourth-order valence-corrected chi connectivity index (χ4v) is 4.08. The molecule has 116 valence electrons. The van der Waals surface area contributed by atoms with Crippen molar-refractivity contribution in [3.8, 4) is 11.5 Å². The molecule has 0 unspecified atom stereocenters. The fraction of sp³-hybridized carbons (Fsp3) is 0.500. The van der Waals surface area contributed by atoms with Gasteiger partial charge in [-0.25, -0.2) is 5.43 Å². The highest BCUT2D eigenvalue weighted by atomic mass is 79.9. The van der Waals surface area contributed by atoms with Crippen LogP contribution >= 0.6 is 15.9 Å². The van der Waals surface area contributed by atoms with E-state index in [4.69, 9.17) is 9.47 Å². The molecular weight excluding hydrogens is 348 g/mol. The van der Waals surface area contributed by atoms with E-state index in [2.05, 4.69) is 26.5 Å². The lowest BCUT2D eigenvalue weighted by molar-refractivity contribution is -0.122. The Labute approximate surface area is 137 Å². The molecule has 22 heavy (non-hydrogen) atoms. The van der Waals surface area contributed by atoms with Crippen LogP contribution in [-0.2, 0) is 4.79 Å². The Kier molecular flexibility index (Phi) is 3.56. The number of rotatable bonds is 3. The zero-order valence-electron chi connectivity index (χ0n) is 12.0. The van der Waals surface area contributed by atoms with Crippen LogP contribution in [0.3, 0.4) is 0 Å². The Hall–Kier alpha value is -1.56. The number of nitrogens with one attached hydrogen (secondary N) is 1. The quantitative estimate of drug-likeness (QED) is 0.662. The molecule has 1 aliphatic heterocycles. The molecular formula is C16H17BrN2O3. The summed E-state index contributed by atoms with van der Waals surface area (Å²) in [5.74, 6) is 2.85. The van der Waals surface area contributed by atoms with Crippen LogP contribution in [0, 0.1) is 17.8 Å². The number of halogens is 1. The van der Waals surface area contributed by atoms with E-state index in [9.17, 15) is 4.79 Å². The first-order valence-electron chi connectivity index (χ1n) is 7.66. The average Bonchev–Trinajstić information content (AvgIpc) is 3.09. The first kappa shape index (κ1) is 14.1. The Morgan fingerprint density at radius 1 is 1.23 bits per heavy atom. The lowest BCUT2D eigenvalue weighted by atomic mass is 10.0. The van der Waals surface area contributed by atoms with Crippen molar-refractivity contribution in [3.05, 3.63) is 22.2 Å². The molecule has 2 atom stereocenters. The topological polar surface area (TPSA) is 59.9 Å². The molecule has 0 aromatic heterocycles. The van der Waals surface area contributed by atoms with E-state index in [1.165, 1.54) is 25.7 Å². The van der Waals surface area contributed by atoms with Crippen molar-refractivity contribution >= 4 is 28.1 Å². The van der Waals surface area contributed by atoms with Gasteiger partial charge in [-0.3, -0.25) is 4.79 Å². The molecule has 0 bridgehead atoms. The first-order valence-corrected chi connectivity index (χ1v) is 8.45. The highest BCUT2D eigenvalue weighted by Gasteiger charge is 2.54. The highest BCUT2D eigenvalue weighted by molar-refractivity contribution is 9.10. The van der Waals surface area contributed by atoms with E-state index in [0.29, 0.717) is 17.6 Å². The van der Waals surface area contributed by atoms with Gasteiger partial charge in [-0.05, 0) is 52.7 Å². The second-order valence-electron chi connectivity index (χ2n) is 6.10. The van der Waals surface area contributed by atoms with E-state index < -0.39 is 0 Å². The molecule has 0 saturated heterocycles. The Morgan fingerprint density at radius 3 is 2.64 bits per heavy atom. The molecule has 1 aromatic carbocycles. The second kappa shape index (κ2) is 5.57. The van der Waals surface area contributed by atoms with Crippen LogP contribution < -0.4 is 14.9 Å². The van der Waals surface area contributed by atoms with E-state index in [1.54, 1.807) is 6.21 Å². The zero-order chi connectivity index (χ0) is 15.1. The maximum absolute atomic E-state index is 12.2. The van der Waals surface area contributed by atoms with Crippen molar-refractivity contribution in [1.82, 2.24) is 5.43 Å². The van der Waals surface area contributed by atoms with Crippen LogP contribution in [0.25, 0.3) is 0 Å². The minimum atomic E-state index is 0.0602. The molecule has 4 rings (SSSR count). The summed E-state index contributed by atoms with van der Waals surface area (Å²) in [7, 11) is 0. The number of carbonyl (C=O) groups is 1. The summed E-state index contributed by atoms with van der Waals surface area (Å²) in [5.41, 5.74) is 3.53. The van der Waals surface area contributed by atoms with Crippen LogP contribution in [0.15, 0.2) is 21.7 Å². The maximum Gasteiger partial charge on any atom is 0.243 e. The lowest BCUT2D eigenvalue weighted by Gasteiger charge is -2.04. The number of fused-ring (bicyclic) bond motifs is 2. The van der Waals surface area contributed by atoms with E-state index in [1.807, 2.05) is 12.1 Å². The van der Waals surface area contributed by atoms with E-state index >= 15 is 0 Å². The van der Waals surface area contributed by atoms with Gasteiger partial charge in [0.05, 0.1) is 6.21 Å². The van der Waals surface area contributed by atoms with Gasteiger partial charge in [-0.1, -0.05) is 12.8 Å². The predicted octanol–water partition coefficient (Wildman–Crippen LogP) is 3.06. The molecule has 2 aliphatic carbocycles. The van der Waals surface area contributed by atoms with E-state index in [0.717, 1.165) is 15.8 Å². The number of ether oxygens (including phenoxy) is 2. The molecule has 1 N–H and O–H groups in total. The number of hydrazone groups is 1. The molecule has 3 aliphatic rings. The van der Waals surface area contributed by atoms with Crippen molar-refractivity contribution in [2.75, 3.05) is 6.79 Å². The molecule has 0 radical (unpaired) electrons. The molecule has 1 amide bonds. The predicted molar refractivity (Wildman–Crippen MR) is 84.9 cm³/mol. The largest absolute Gasteiger partial charge is 0.454 e. The van der Waals surface area contributed by atoms with Gasteiger partial charge in [0.2, 0.25) is 12.7 Å². The number of nitrogens with zero attached hydrogens (tertiary/aromatic N) is 1. The number of hydrogen-bond donors (Lipinski definition) is 1. The molecule has 1 aromatic rings. The van der Waals surface area contributed by atoms with Crippen LogP contribution in [0.2, 0.25) is 0 Å². The Bertz CT molecular complexity index is 635. The third-order valence-corrected chi connectivity index (χ3v) is 5.52. The second-order valence-corrected chi connectivity index (χ2v) is 6.95. The minimum Gasteiger partial charge on any atom is -0.454 e. The van der Waals surface area contributed by atoms with E-state index in [-0.39, 0.29) is 18.6 Å². The molecule has 2 saturated carbocycles. The third-order valence-electron chi connectivity index (χ3n) is 4.83. The smallest absolute Gasteiger partial charge is 0.243 e. The Morgan fingerprint density at radius 2 is 1.91 bits per heavy atom. The van der Waals surface area contributed by atoms with Crippen LogP contribution in [0.4, 0.5) is 0 Å². The van der Waals surface area contributed by atoms with Gasteiger partial charge in [-0.15, -0.1) is 0 Å². The summed E-state index contributed by atoms with van der Waals surface area (Å²) in [6.07, 6.45) is 6.55. The molecule has 1 heterocycles. The number of benzene rings is 1. The summed E-state index contributed by atoms with van der Waals surface area (Å²) < 4.78 is 11.5. The SMILES string of the molecule is O=C(N/N=C\c1cc2c(cc1Br)OCO2)C1[C@@H]2CCCC[C@@H]12. The van der Waals surface area contributed by atoms with Gasteiger partial charge >= 0.3 is 0 Å². The molecule has 5 nitrogen and oxygen atoms in total. The van der Waals surface area contributed by atoms with Gasteiger partial charge in [0.1, 0.15) is 0 Å². The lowest BCUT2D eigenvalue weighted by Crippen LogP contribution is -2.20. The number of hydrogen-bond acceptors (Lipinski definition) is 4. The van der Waals surface area contributed by atoms with Gasteiger partial charge in [-0.2, -0.15) is 5.10 Å². The van der Waals surface area contributed by atoms with Crippen LogP contribution in [0.5, 0.6) is 11.5 Å². The van der Waals surface area contributed by atoms with Gasteiger partial charge in [0.25, 0.3) is 0 Å². The standard InChI is InChI=1S/C16H17BrN2O3/c17-12-6-14-13(21-8-22-14)5-9(12)7-18-19-16(20)15-10-3-1-2-4-11(10)15/h5-7,10-11,15H,1-4,8H2,(H,19,20)/b18-7-/t10-,11-/m1/s1. The van der Waals surface area contributed by atoms with Gasteiger partial charge in [0.15, 0.2) is 11.5 Å². The number of amides is 1. The van der Waals surface area contributed by atoms with Crippen molar-refractivity contribution < 1.29 is 14.3 Å².